The van der Waals surface area contributed by atoms with E-state index in [1.165, 1.54) is 0 Å². The smallest absolute Gasteiger partial charge is 0.270 e. The van der Waals surface area contributed by atoms with E-state index in [2.05, 4.69) is 10.5 Å². The number of nitriles is 1. The molecule has 90 valence electrons. The summed E-state index contributed by atoms with van der Waals surface area (Å²) in [5.74, 6) is -0.292. The summed E-state index contributed by atoms with van der Waals surface area (Å²) >= 11 is 0. The zero-order valence-corrected chi connectivity index (χ0v) is 9.48. The average Bonchev–Trinajstić information content (AvgIpc) is 3.14. The zero-order chi connectivity index (χ0) is 12.3. The van der Waals surface area contributed by atoms with Crippen LogP contribution in [0, 0.1) is 11.3 Å². The molecule has 2 aliphatic rings. The first-order valence-corrected chi connectivity index (χ1v) is 5.75. The van der Waals surface area contributed by atoms with E-state index in [1.54, 1.807) is 4.90 Å². The highest BCUT2D eigenvalue weighted by Gasteiger charge is 2.34. The van der Waals surface area contributed by atoms with Crippen LogP contribution in [0.3, 0.4) is 0 Å². The molecule has 0 spiro atoms. The third-order valence-corrected chi connectivity index (χ3v) is 2.86. The first-order chi connectivity index (χ1) is 8.22. The summed E-state index contributed by atoms with van der Waals surface area (Å²) in [6, 6.07) is 2.30. The molecular formula is C11H14N4O2. The van der Waals surface area contributed by atoms with Gasteiger partial charge in [-0.2, -0.15) is 10.4 Å². The molecule has 6 nitrogen and oxygen atoms in total. The minimum absolute atomic E-state index is 0.136. The Kier molecular flexibility index (Phi) is 3.38. The van der Waals surface area contributed by atoms with Crippen molar-refractivity contribution in [3.05, 3.63) is 0 Å². The Balaban J connectivity index is 2.01. The maximum Gasteiger partial charge on any atom is 0.270 e. The largest absolute Gasteiger partial charge is 0.334 e. The van der Waals surface area contributed by atoms with Gasteiger partial charge in [-0.3, -0.25) is 9.59 Å². The van der Waals surface area contributed by atoms with Crippen LogP contribution < -0.4 is 5.43 Å². The number of hydrazone groups is 1. The Bertz CT molecular complexity index is 406. The predicted octanol–water partition coefficient (Wildman–Crippen LogP) is 0.157. The maximum atomic E-state index is 12.1. The summed E-state index contributed by atoms with van der Waals surface area (Å²) in [7, 11) is 0. The molecule has 1 aliphatic carbocycles. The molecule has 1 saturated carbocycles. The van der Waals surface area contributed by atoms with Crippen LogP contribution >= 0.6 is 0 Å². The van der Waals surface area contributed by atoms with Crippen molar-refractivity contribution >= 4 is 17.5 Å². The number of carbonyl (C=O) groups excluding carboxylic acids is 2. The van der Waals surface area contributed by atoms with Gasteiger partial charge >= 0.3 is 0 Å². The highest BCUT2D eigenvalue weighted by molar-refractivity contribution is 6.39. The second-order valence-electron chi connectivity index (χ2n) is 4.23. The van der Waals surface area contributed by atoms with Crippen LogP contribution in [-0.4, -0.2) is 35.0 Å². The molecule has 2 rings (SSSR count). The number of nitrogens with zero attached hydrogens (tertiary/aromatic N) is 3. The summed E-state index contributed by atoms with van der Waals surface area (Å²) in [5.41, 5.74) is 2.72. The highest BCUT2D eigenvalue weighted by atomic mass is 16.2. The van der Waals surface area contributed by atoms with E-state index in [0.29, 0.717) is 31.5 Å². The van der Waals surface area contributed by atoms with Crippen molar-refractivity contribution in [2.45, 2.75) is 38.1 Å². The first kappa shape index (κ1) is 11.6. The molecule has 0 unspecified atom stereocenters. The predicted molar refractivity (Wildman–Crippen MR) is 59.8 cm³/mol. The van der Waals surface area contributed by atoms with E-state index >= 15 is 0 Å². The Morgan fingerprint density at radius 1 is 1.53 bits per heavy atom. The summed E-state index contributed by atoms with van der Waals surface area (Å²) in [5, 5.41) is 12.4. The maximum absolute atomic E-state index is 12.1. The fraction of sp³-hybridized carbons (Fsp3) is 0.636. The highest BCUT2D eigenvalue weighted by Crippen LogP contribution is 2.27. The van der Waals surface area contributed by atoms with Crippen LogP contribution in [0.5, 0.6) is 0 Å². The minimum atomic E-state index is -0.156. The van der Waals surface area contributed by atoms with E-state index in [9.17, 15) is 9.59 Å². The van der Waals surface area contributed by atoms with Crippen molar-refractivity contribution in [1.29, 1.82) is 5.26 Å². The minimum Gasteiger partial charge on any atom is -0.334 e. The number of carbonyl (C=O) groups is 2. The van der Waals surface area contributed by atoms with Gasteiger partial charge in [0.05, 0.1) is 12.5 Å². The third-order valence-electron chi connectivity index (χ3n) is 2.86. The van der Waals surface area contributed by atoms with Crippen molar-refractivity contribution in [3.8, 4) is 6.07 Å². The number of hydrogen-bond acceptors (Lipinski definition) is 4. The second-order valence-corrected chi connectivity index (χ2v) is 4.23. The lowest BCUT2D eigenvalue weighted by Gasteiger charge is -2.23. The van der Waals surface area contributed by atoms with Gasteiger partial charge in [0.25, 0.3) is 5.91 Å². The molecule has 0 atom stereocenters. The number of rotatable bonds is 4. The monoisotopic (exact) mass is 234 g/mol. The van der Waals surface area contributed by atoms with Gasteiger partial charge in [-0.1, -0.05) is 0 Å². The topological polar surface area (TPSA) is 85.6 Å². The Labute approximate surface area is 99.3 Å². The number of nitrogens with one attached hydrogen (secondary N) is 1. The summed E-state index contributed by atoms with van der Waals surface area (Å²) in [4.78, 5) is 24.8. The van der Waals surface area contributed by atoms with Gasteiger partial charge in [-0.05, 0) is 12.8 Å². The van der Waals surface area contributed by atoms with Crippen LogP contribution in [0.15, 0.2) is 5.10 Å². The molecule has 6 heteroatoms. The zero-order valence-electron chi connectivity index (χ0n) is 9.48. The number of amides is 2. The lowest BCUT2D eigenvalue weighted by atomic mass is 10.1. The van der Waals surface area contributed by atoms with Crippen LogP contribution in [0.25, 0.3) is 0 Å². The molecule has 0 aromatic carbocycles. The third kappa shape index (κ3) is 2.81. The van der Waals surface area contributed by atoms with Gasteiger partial charge in [0.15, 0.2) is 0 Å². The Hall–Kier alpha value is -1.90. The van der Waals surface area contributed by atoms with Crippen LogP contribution in [0.2, 0.25) is 0 Å². The van der Waals surface area contributed by atoms with Gasteiger partial charge in [-0.15, -0.1) is 0 Å². The van der Waals surface area contributed by atoms with E-state index < -0.39 is 0 Å². The van der Waals surface area contributed by atoms with Crippen molar-refractivity contribution in [1.82, 2.24) is 10.3 Å². The van der Waals surface area contributed by atoms with Crippen LogP contribution in [-0.2, 0) is 9.59 Å². The Morgan fingerprint density at radius 3 is 2.82 bits per heavy atom. The molecule has 0 saturated heterocycles. The molecule has 17 heavy (non-hydrogen) atoms. The molecule has 1 N–H and O–H groups in total. The van der Waals surface area contributed by atoms with Crippen molar-refractivity contribution in [3.63, 3.8) is 0 Å². The fourth-order valence-electron chi connectivity index (χ4n) is 1.80. The molecule has 1 heterocycles. The van der Waals surface area contributed by atoms with Gasteiger partial charge in [0.2, 0.25) is 5.91 Å². The quantitative estimate of drug-likeness (QED) is 0.751. The SMILES string of the molecule is N#CCCN(C(=O)C1=NNC(=O)CC1)C1CC1. The lowest BCUT2D eigenvalue weighted by molar-refractivity contribution is -0.125. The number of hydrogen-bond donors (Lipinski definition) is 1. The molecule has 2 amide bonds. The molecule has 0 bridgehead atoms. The molecule has 0 aromatic heterocycles. The molecule has 1 aliphatic heterocycles. The average molecular weight is 234 g/mol. The standard InChI is InChI=1S/C11H14N4O2/c12-6-1-7-15(8-2-3-8)11(17)9-4-5-10(16)14-13-9/h8H,1-5,7H2,(H,14,16). The van der Waals surface area contributed by atoms with E-state index in [4.69, 9.17) is 5.26 Å². The molecule has 1 fully saturated rings. The molecular weight excluding hydrogens is 220 g/mol. The summed E-state index contributed by atoms with van der Waals surface area (Å²) < 4.78 is 0. The lowest BCUT2D eigenvalue weighted by Crippen LogP contribution is -2.41. The summed E-state index contributed by atoms with van der Waals surface area (Å²) in [6.07, 6.45) is 3.03. The van der Waals surface area contributed by atoms with E-state index in [0.717, 1.165) is 12.8 Å². The van der Waals surface area contributed by atoms with Crippen LogP contribution in [0.4, 0.5) is 0 Å². The van der Waals surface area contributed by atoms with Gasteiger partial charge in [0, 0.05) is 25.4 Å². The van der Waals surface area contributed by atoms with E-state index in [-0.39, 0.29) is 17.9 Å². The Morgan fingerprint density at radius 2 is 2.29 bits per heavy atom. The van der Waals surface area contributed by atoms with Gasteiger partial charge in [-0.25, -0.2) is 5.43 Å². The van der Waals surface area contributed by atoms with Gasteiger partial charge in [0.1, 0.15) is 5.71 Å². The van der Waals surface area contributed by atoms with Crippen molar-refractivity contribution in [2.75, 3.05) is 6.54 Å². The van der Waals surface area contributed by atoms with Crippen LogP contribution in [0.1, 0.15) is 32.1 Å². The normalized spacial score (nSPS) is 19.0. The fourth-order valence-corrected chi connectivity index (χ4v) is 1.80. The van der Waals surface area contributed by atoms with Gasteiger partial charge < -0.3 is 4.90 Å². The molecule has 0 radical (unpaired) electrons. The van der Waals surface area contributed by atoms with Crippen molar-refractivity contribution < 1.29 is 9.59 Å². The first-order valence-electron chi connectivity index (χ1n) is 5.75. The molecule has 0 aromatic rings. The van der Waals surface area contributed by atoms with Crippen molar-refractivity contribution in [2.24, 2.45) is 5.10 Å². The summed E-state index contributed by atoms with van der Waals surface area (Å²) in [6.45, 7) is 0.451. The van der Waals surface area contributed by atoms with E-state index in [1.807, 2.05) is 6.07 Å². The second kappa shape index (κ2) is 4.95.